The fourth-order valence-electron chi connectivity index (χ4n) is 2.01. The van der Waals surface area contributed by atoms with Crippen LogP contribution in [0.1, 0.15) is 0 Å². The molecule has 0 bridgehead atoms. The number of rotatable bonds is 3. The van der Waals surface area contributed by atoms with Crippen LogP contribution < -0.4 is 9.47 Å². The zero-order valence-corrected chi connectivity index (χ0v) is 11.8. The summed E-state index contributed by atoms with van der Waals surface area (Å²) in [5.41, 5.74) is 2.31. The van der Waals surface area contributed by atoms with E-state index < -0.39 is 0 Å². The summed E-state index contributed by atoms with van der Waals surface area (Å²) < 4.78 is 12.1. The minimum absolute atomic E-state index is 0.384. The zero-order chi connectivity index (χ0) is 14.1. The lowest BCUT2D eigenvalue weighted by Gasteiger charge is -2.04. The molecular weight excluding hydrogens is 278 g/mol. The lowest BCUT2D eigenvalue weighted by atomic mass is 10.1. The van der Waals surface area contributed by atoms with Crippen molar-refractivity contribution < 1.29 is 9.47 Å². The van der Waals surface area contributed by atoms with Crippen LogP contribution in [-0.4, -0.2) is 28.8 Å². The van der Waals surface area contributed by atoms with E-state index in [1.54, 1.807) is 30.9 Å². The normalized spacial score (nSPS) is 10.8. The summed E-state index contributed by atoms with van der Waals surface area (Å²) in [5, 5.41) is 4.58. The first-order chi connectivity index (χ1) is 9.72. The van der Waals surface area contributed by atoms with Crippen LogP contribution >= 0.6 is 11.6 Å². The van der Waals surface area contributed by atoms with E-state index in [4.69, 9.17) is 21.1 Å². The summed E-state index contributed by atoms with van der Waals surface area (Å²) in [7, 11) is 3.21. The fourth-order valence-corrected chi connectivity index (χ4v) is 2.15. The number of aromatic nitrogens is 3. The molecule has 5 nitrogen and oxygen atoms in total. The third kappa shape index (κ3) is 2.06. The van der Waals surface area contributed by atoms with Crippen LogP contribution in [0.5, 0.6) is 11.6 Å². The largest absolute Gasteiger partial charge is 0.497 e. The summed E-state index contributed by atoms with van der Waals surface area (Å²) in [4.78, 5) is 4.53. The molecule has 0 aliphatic heterocycles. The van der Waals surface area contributed by atoms with Gasteiger partial charge in [0.05, 0.1) is 14.2 Å². The first kappa shape index (κ1) is 12.7. The highest BCUT2D eigenvalue weighted by molar-refractivity contribution is 6.29. The number of fused-ring (bicyclic) bond motifs is 1. The maximum atomic E-state index is 5.91. The molecule has 0 fully saturated rings. The second-order valence-corrected chi connectivity index (χ2v) is 4.51. The van der Waals surface area contributed by atoms with E-state index in [2.05, 4.69) is 10.1 Å². The van der Waals surface area contributed by atoms with Gasteiger partial charge in [-0.3, -0.25) is 0 Å². The standard InChI is InChI=1S/C14H12ClN3O2/c1-19-10-5-3-9(4-6-10)13-14(20-2)18-12(16-13)8-7-11(15)17-18/h3-8H,1-2H3. The fraction of sp³-hybridized carbons (Fsp3) is 0.143. The Hall–Kier alpha value is -2.27. The van der Waals surface area contributed by atoms with Gasteiger partial charge >= 0.3 is 0 Å². The first-order valence-electron chi connectivity index (χ1n) is 5.96. The summed E-state index contributed by atoms with van der Waals surface area (Å²) >= 11 is 5.91. The molecule has 0 atom stereocenters. The Morgan fingerprint density at radius 3 is 2.40 bits per heavy atom. The molecule has 0 aliphatic carbocycles. The van der Waals surface area contributed by atoms with Crippen molar-refractivity contribution in [3.63, 3.8) is 0 Å². The number of ether oxygens (including phenoxy) is 2. The molecule has 2 heterocycles. The molecule has 1 aromatic carbocycles. The van der Waals surface area contributed by atoms with Gasteiger partial charge in [0.2, 0.25) is 5.88 Å². The van der Waals surface area contributed by atoms with Crippen LogP contribution in [-0.2, 0) is 0 Å². The van der Waals surface area contributed by atoms with Crippen LogP contribution in [0.25, 0.3) is 16.9 Å². The Labute approximate surface area is 120 Å². The molecule has 0 amide bonds. The predicted octanol–water partition coefficient (Wildman–Crippen LogP) is 3.07. The van der Waals surface area contributed by atoms with Crippen LogP contribution in [0.3, 0.4) is 0 Å². The maximum Gasteiger partial charge on any atom is 0.243 e. The van der Waals surface area contributed by atoms with Gasteiger partial charge < -0.3 is 9.47 Å². The van der Waals surface area contributed by atoms with Crippen LogP contribution in [0.4, 0.5) is 0 Å². The lowest BCUT2D eigenvalue weighted by molar-refractivity contribution is 0.389. The van der Waals surface area contributed by atoms with Gasteiger partial charge in [-0.15, -0.1) is 0 Å². The van der Waals surface area contributed by atoms with Gasteiger partial charge in [0.15, 0.2) is 5.65 Å². The molecular formula is C14H12ClN3O2. The quantitative estimate of drug-likeness (QED) is 0.743. The van der Waals surface area contributed by atoms with Crippen molar-refractivity contribution in [1.29, 1.82) is 0 Å². The van der Waals surface area contributed by atoms with Gasteiger partial charge in [0.1, 0.15) is 16.6 Å². The number of hydrogen-bond acceptors (Lipinski definition) is 4. The molecule has 102 valence electrons. The molecule has 0 aliphatic rings. The van der Waals surface area contributed by atoms with E-state index in [-0.39, 0.29) is 0 Å². The highest BCUT2D eigenvalue weighted by Crippen LogP contribution is 2.31. The first-order valence-corrected chi connectivity index (χ1v) is 6.34. The third-order valence-corrected chi connectivity index (χ3v) is 3.16. The van der Waals surface area contributed by atoms with Crippen molar-refractivity contribution in [1.82, 2.24) is 14.6 Å². The summed E-state index contributed by atoms with van der Waals surface area (Å²) in [5.74, 6) is 1.34. The third-order valence-electron chi connectivity index (χ3n) is 2.96. The SMILES string of the molecule is COc1ccc(-c2nc3ccc(Cl)nn3c2OC)cc1. The van der Waals surface area contributed by atoms with Gasteiger partial charge in [-0.05, 0) is 36.4 Å². The van der Waals surface area contributed by atoms with E-state index in [1.165, 1.54) is 0 Å². The molecule has 0 spiro atoms. The van der Waals surface area contributed by atoms with E-state index in [0.717, 1.165) is 11.3 Å². The van der Waals surface area contributed by atoms with Crippen molar-refractivity contribution in [2.24, 2.45) is 0 Å². The number of hydrogen-bond donors (Lipinski definition) is 0. The van der Waals surface area contributed by atoms with Gasteiger partial charge in [-0.1, -0.05) is 11.6 Å². The average molecular weight is 290 g/mol. The van der Waals surface area contributed by atoms with Gasteiger partial charge in [0.25, 0.3) is 0 Å². The van der Waals surface area contributed by atoms with E-state index in [0.29, 0.717) is 22.4 Å². The molecule has 0 N–H and O–H groups in total. The Morgan fingerprint density at radius 1 is 1.00 bits per heavy atom. The highest BCUT2D eigenvalue weighted by atomic mass is 35.5. The number of imidazole rings is 1. The molecule has 0 radical (unpaired) electrons. The second kappa shape index (κ2) is 5.02. The molecule has 2 aromatic heterocycles. The van der Waals surface area contributed by atoms with E-state index in [9.17, 15) is 0 Å². The second-order valence-electron chi connectivity index (χ2n) is 4.12. The number of nitrogens with zero attached hydrogens (tertiary/aromatic N) is 3. The summed E-state index contributed by atoms with van der Waals surface area (Å²) in [6.45, 7) is 0. The molecule has 3 aromatic rings. The zero-order valence-electron chi connectivity index (χ0n) is 11.0. The van der Waals surface area contributed by atoms with Crippen molar-refractivity contribution in [2.45, 2.75) is 0 Å². The predicted molar refractivity (Wildman–Crippen MR) is 76.5 cm³/mol. The Kier molecular flexibility index (Phi) is 3.20. The minimum Gasteiger partial charge on any atom is -0.497 e. The number of benzene rings is 1. The Balaban J connectivity index is 2.19. The van der Waals surface area contributed by atoms with Gasteiger partial charge in [-0.25, -0.2) is 4.98 Å². The van der Waals surface area contributed by atoms with Crippen molar-refractivity contribution in [2.75, 3.05) is 14.2 Å². The van der Waals surface area contributed by atoms with Gasteiger partial charge in [-0.2, -0.15) is 9.61 Å². The van der Waals surface area contributed by atoms with Gasteiger partial charge in [0, 0.05) is 5.56 Å². The molecule has 3 rings (SSSR count). The van der Waals surface area contributed by atoms with E-state index in [1.807, 2.05) is 24.3 Å². The lowest BCUT2D eigenvalue weighted by Crippen LogP contribution is -1.95. The van der Waals surface area contributed by atoms with E-state index >= 15 is 0 Å². The Bertz CT molecular complexity index is 753. The topological polar surface area (TPSA) is 48.7 Å². The molecule has 6 heteroatoms. The molecule has 0 saturated carbocycles. The molecule has 20 heavy (non-hydrogen) atoms. The minimum atomic E-state index is 0.384. The van der Waals surface area contributed by atoms with Crippen molar-refractivity contribution in [3.8, 4) is 22.9 Å². The smallest absolute Gasteiger partial charge is 0.243 e. The van der Waals surface area contributed by atoms with Crippen LogP contribution in [0.2, 0.25) is 5.15 Å². The molecule has 0 saturated heterocycles. The summed E-state index contributed by atoms with van der Waals surface area (Å²) in [6, 6.07) is 11.1. The summed E-state index contributed by atoms with van der Waals surface area (Å²) in [6.07, 6.45) is 0. The monoisotopic (exact) mass is 289 g/mol. The number of halogens is 1. The van der Waals surface area contributed by atoms with Crippen LogP contribution in [0.15, 0.2) is 36.4 Å². The van der Waals surface area contributed by atoms with Crippen molar-refractivity contribution in [3.05, 3.63) is 41.6 Å². The average Bonchev–Trinajstić information content (AvgIpc) is 2.85. The Morgan fingerprint density at radius 2 is 1.75 bits per heavy atom. The van der Waals surface area contributed by atoms with Crippen molar-refractivity contribution >= 4 is 17.2 Å². The molecule has 0 unspecified atom stereocenters. The maximum absolute atomic E-state index is 5.91. The highest BCUT2D eigenvalue weighted by Gasteiger charge is 2.16. The number of methoxy groups -OCH3 is 2. The van der Waals surface area contributed by atoms with Crippen LogP contribution in [0, 0.1) is 0 Å².